The summed E-state index contributed by atoms with van der Waals surface area (Å²) in [5.41, 5.74) is 5.49. The molecule has 5 heteroatoms. The van der Waals surface area contributed by atoms with E-state index in [0.717, 1.165) is 33.5 Å². The zero-order valence-corrected chi connectivity index (χ0v) is 15.9. The van der Waals surface area contributed by atoms with Crippen molar-refractivity contribution < 1.29 is 4.11 Å². The maximum atomic E-state index is 7.80. The van der Waals surface area contributed by atoms with E-state index in [9.17, 15) is 0 Å². The lowest BCUT2D eigenvalue weighted by Gasteiger charge is -2.16. The summed E-state index contributed by atoms with van der Waals surface area (Å²) in [6.45, 7) is 5.24. The minimum Gasteiger partial charge on any atom is -0.264 e. The maximum absolute atomic E-state index is 7.80. The summed E-state index contributed by atoms with van der Waals surface area (Å²) in [5.74, 6) is 0.375. The number of hydrogen-bond acceptors (Lipinski definition) is 4. The van der Waals surface area contributed by atoms with E-state index in [0.29, 0.717) is 11.5 Å². The summed E-state index contributed by atoms with van der Waals surface area (Å²) in [7, 11) is 0. The van der Waals surface area contributed by atoms with Crippen molar-refractivity contribution in [3.8, 4) is 22.4 Å². The second-order valence-corrected chi connectivity index (χ2v) is 7.34. The first-order valence-electron chi connectivity index (χ1n) is 10.3. The van der Waals surface area contributed by atoms with Gasteiger partial charge in [-0.3, -0.25) is 4.98 Å². The van der Waals surface area contributed by atoms with Crippen molar-refractivity contribution in [2.75, 3.05) is 0 Å². The predicted octanol–water partition coefficient (Wildman–Crippen LogP) is 4.77. The molecule has 0 spiro atoms. The normalized spacial score (nSPS) is 14.0. The topological polar surface area (TPSA) is 56.0 Å². The SMILES string of the molecule is [2H]C([2H])([2H])C(C)(C)c1cnn2c(-c3ccc(C)c(-c4cnccc4C)c3)cnc2n1. The highest BCUT2D eigenvalue weighted by atomic mass is 15.3. The Morgan fingerprint density at radius 3 is 2.59 bits per heavy atom. The van der Waals surface area contributed by atoms with Gasteiger partial charge in [-0.05, 0) is 42.7 Å². The second-order valence-electron chi connectivity index (χ2n) is 7.34. The molecule has 0 aliphatic rings. The van der Waals surface area contributed by atoms with Gasteiger partial charge in [0.1, 0.15) is 0 Å². The van der Waals surface area contributed by atoms with Crippen molar-refractivity contribution in [1.82, 2.24) is 24.6 Å². The Morgan fingerprint density at radius 1 is 1.00 bits per heavy atom. The van der Waals surface area contributed by atoms with E-state index < -0.39 is 12.3 Å². The van der Waals surface area contributed by atoms with Gasteiger partial charge < -0.3 is 0 Å². The van der Waals surface area contributed by atoms with Gasteiger partial charge in [0.2, 0.25) is 0 Å². The van der Waals surface area contributed by atoms with Crippen LogP contribution in [0.3, 0.4) is 0 Å². The molecule has 0 saturated heterocycles. The fourth-order valence-electron chi connectivity index (χ4n) is 3.09. The molecule has 0 saturated carbocycles. The molecule has 0 bridgehead atoms. The van der Waals surface area contributed by atoms with Crippen LogP contribution in [0.15, 0.2) is 49.1 Å². The van der Waals surface area contributed by atoms with Crippen molar-refractivity contribution >= 4 is 5.78 Å². The third kappa shape index (κ3) is 3.10. The van der Waals surface area contributed by atoms with Crippen molar-refractivity contribution in [3.63, 3.8) is 0 Å². The van der Waals surface area contributed by atoms with Crippen molar-refractivity contribution in [1.29, 1.82) is 0 Å². The molecule has 3 heterocycles. The number of pyridine rings is 1. The highest BCUT2D eigenvalue weighted by Crippen LogP contribution is 2.31. The van der Waals surface area contributed by atoms with Gasteiger partial charge in [-0.15, -0.1) is 0 Å². The molecule has 0 radical (unpaired) electrons. The molecule has 27 heavy (non-hydrogen) atoms. The molecule has 0 unspecified atom stereocenters. The Bertz CT molecular complexity index is 1240. The number of nitrogens with zero attached hydrogens (tertiary/aromatic N) is 5. The zero-order valence-electron chi connectivity index (χ0n) is 18.9. The third-order valence-corrected chi connectivity index (χ3v) is 4.74. The van der Waals surface area contributed by atoms with Crippen molar-refractivity contribution in [3.05, 3.63) is 65.9 Å². The molecule has 0 amide bonds. The molecular weight excluding hydrogens is 334 g/mol. The fourth-order valence-corrected chi connectivity index (χ4v) is 3.09. The van der Waals surface area contributed by atoms with E-state index in [1.54, 1.807) is 30.8 Å². The van der Waals surface area contributed by atoms with E-state index in [1.807, 2.05) is 18.3 Å². The van der Waals surface area contributed by atoms with Crippen molar-refractivity contribution in [2.45, 2.75) is 40.0 Å². The van der Waals surface area contributed by atoms with Crippen LogP contribution < -0.4 is 0 Å². The number of rotatable bonds is 2. The molecule has 4 aromatic rings. The number of aromatic nitrogens is 5. The molecule has 1 aromatic carbocycles. The largest absolute Gasteiger partial charge is 0.264 e. The Labute approximate surface area is 163 Å². The Morgan fingerprint density at radius 2 is 1.81 bits per heavy atom. The molecule has 0 aliphatic heterocycles. The van der Waals surface area contributed by atoms with E-state index in [4.69, 9.17) is 4.11 Å². The summed E-state index contributed by atoms with van der Waals surface area (Å²) in [6.07, 6.45) is 6.90. The van der Waals surface area contributed by atoms with Gasteiger partial charge in [-0.2, -0.15) is 9.61 Å². The summed E-state index contributed by atoms with van der Waals surface area (Å²) in [6, 6.07) is 8.19. The molecule has 136 valence electrons. The lowest BCUT2D eigenvalue weighted by molar-refractivity contribution is 0.562. The molecule has 0 fully saturated rings. The predicted molar refractivity (Wildman–Crippen MR) is 108 cm³/mol. The number of hydrogen-bond donors (Lipinski definition) is 0. The lowest BCUT2D eigenvalue weighted by atomic mass is 9.93. The van der Waals surface area contributed by atoms with Crippen LogP contribution in [0.1, 0.15) is 41.6 Å². The van der Waals surface area contributed by atoms with Crippen LogP contribution >= 0.6 is 0 Å². The first-order chi connectivity index (χ1) is 14.1. The van der Waals surface area contributed by atoms with Crippen LogP contribution in [0.25, 0.3) is 28.2 Å². The Balaban J connectivity index is 1.82. The van der Waals surface area contributed by atoms with Crippen LogP contribution in [0, 0.1) is 13.8 Å². The van der Waals surface area contributed by atoms with E-state index >= 15 is 0 Å². The minimum atomic E-state index is -2.19. The van der Waals surface area contributed by atoms with Gasteiger partial charge in [0.05, 0.1) is 23.8 Å². The molecule has 0 N–H and O–H groups in total. The number of benzene rings is 1. The molecule has 4 rings (SSSR count). The molecule has 0 aliphatic carbocycles. The van der Waals surface area contributed by atoms with E-state index in [-0.39, 0.29) is 0 Å². The first kappa shape index (κ1) is 14.0. The molecule has 5 nitrogen and oxygen atoms in total. The lowest BCUT2D eigenvalue weighted by Crippen LogP contribution is -2.15. The van der Waals surface area contributed by atoms with Gasteiger partial charge in [0, 0.05) is 33.0 Å². The smallest absolute Gasteiger partial charge is 0.251 e. The van der Waals surface area contributed by atoms with Crippen LogP contribution in [-0.4, -0.2) is 24.6 Å². The average molecular weight is 360 g/mol. The van der Waals surface area contributed by atoms with Gasteiger partial charge in [-0.25, -0.2) is 9.97 Å². The van der Waals surface area contributed by atoms with Crippen LogP contribution in [0.5, 0.6) is 0 Å². The highest BCUT2D eigenvalue weighted by Gasteiger charge is 2.18. The Kier molecular flexibility index (Phi) is 3.26. The van der Waals surface area contributed by atoms with E-state index in [1.165, 1.54) is 6.20 Å². The summed E-state index contributed by atoms with van der Waals surface area (Å²) >= 11 is 0. The first-order valence-corrected chi connectivity index (χ1v) is 8.83. The highest BCUT2D eigenvalue weighted by molar-refractivity contribution is 5.76. The zero-order chi connectivity index (χ0) is 21.7. The van der Waals surface area contributed by atoms with Crippen LogP contribution in [0.2, 0.25) is 0 Å². The van der Waals surface area contributed by atoms with Gasteiger partial charge in [0.25, 0.3) is 5.78 Å². The summed E-state index contributed by atoms with van der Waals surface area (Å²) in [4.78, 5) is 13.2. The van der Waals surface area contributed by atoms with Crippen LogP contribution in [-0.2, 0) is 5.41 Å². The van der Waals surface area contributed by atoms with Gasteiger partial charge in [0.15, 0.2) is 0 Å². The summed E-state index contributed by atoms with van der Waals surface area (Å²) in [5, 5.41) is 4.47. The average Bonchev–Trinajstić information content (AvgIpc) is 3.11. The minimum absolute atomic E-state index is 0.375. The van der Waals surface area contributed by atoms with Crippen molar-refractivity contribution in [2.24, 2.45) is 0 Å². The Hall–Kier alpha value is -3.08. The molecule has 0 atom stereocenters. The van der Waals surface area contributed by atoms with Gasteiger partial charge >= 0.3 is 0 Å². The fraction of sp³-hybridized carbons (Fsp3) is 0.273. The van der Waals surface area contributed by atoms with Gasteiger partial charge in [-0.1, -0.05) is 32.8 Å². The quantitative estimate of drug-likeness (QED) is 0.517. The number of aryl methyl sites for hydroxylation is 2. The number of fused-ring (bicyclic) bond motifs is 1. The molecular formula is C22H23N5. The second kappa shape index (κ2) is 6.27. The standard InChI is InChI=1S/C22H23N5/c1-14-6-7-16(10-17(14)18-11-23-9-8-15(18)2)19-12-24-21-26-20(22(3,4)5)13-25-27(19)21/h6-13H,1-5H3/i3D3. The summed E-state index contributed by atoms with van der Waals surface area (Å²) < 4.78 is 25.0. The maximum Gasteiger partial charge on any atom is 0.251 e. The van der Waals surface area contributed by atoms with Crippen LogP contribution in [0.4, 0.5) is 0 Å². The monoisotopic (exact) mass is 360 g/mol. The molecule has 3 aromatic heterocycles. The van der Waals surface area contributed by atoms with E-state index in [2.05, 4.69) is 46.0 Å². The third-order valence-electron chi connectivity index (χ3n) is 4.74. The number of imidazole rings is 1.